The van der Waals surface area contributed by atoms with Crippen LogP contribution in [0.1, 0.15) is 16.8 Å². The van der Waals surface area contributed by atoms with Crippen LogP contribution >= 0.6 is 0 Å². The fourth-order valence-corrected chi connectivity index (χ4v) is 1.19. The topological polar surface area (TPSA) is 22.1 Å². The van der Waals surface area contributed by atoms with Crippen molar-refractivity contribution in [3.63, 3.8) is 0 Å². The van der Waals surface area contributed by atoms with Gasteiger partial charge in [-0.1, -0.05) is 6.58 Å². The molecule has 0 N–H and O–H groups in total. The standard InChI is InChI=1S/C9H9NO/c1-2-9-3-7-5-11-6-8(7)4-10-9/h2-4H,1,5-6H2. The van der Waals surface area contributed by atoms with Crippen LogP contribution in [-0.4, -0.2) is 4.98 Å². The molecule has 2 rings (SSSR count). The Balaban J connectivity index is 2.48. The molecule has 0 atom stereocenters. The van der Waals surface area contributed by atoms with Crippen LogP contribution in [0.15, 0.2) is 18.8 Å². The van der Waals surface area contributed by atoms with E-state index in [-0.39, 0.29) is 0 Å². The molecule has 0 radical (unpaired) electrons. The minimum absolute atomic E-state index is 0.708. The van der Waals surface area contributed by atoms with Crippen LogP contribution in [0.25, 0.3) is 6.08 Å². The second-order valence-electron chi connectivity index (χ2n) is 2.57. The lowest BCUT2D eigenvalue weighted by Gasteiger charge is -1.96. The van der Waals surface area contributed by atoms with Gasteiger partial charge in [0.2, 0.25) is 0 Å². The second kappa shape index (κ2) is 2.47. The lowest BCUT2D eigenvalue weighted by molar-refractivity contribution is 0.134. The Labute approximate surface area is 65.5 Å². The van der Waals surface area contributed by atoms with Crippen molar-refractivity contribution < 1.29 is 4.74 Å². The van der Waals surface area contributed by atoms with Crippen molar-refractivity contribution in [2.45, 2.75) is 13.2 Å². The van der Waals surface area contributed by atoms with E-state index in [2.05, 4.69) is 11.6 Å². The fraction of sp³-hybridized carbons (Fsp3) is 0.222. The Kier molecular flexibility index (Phi) is 1.47. The molecule has 0 saturated carbocycles. The Hall–Kier alpha value is -1.15. The molecule has 56 valence electrons. The molecule has 0 saturated heterocycles. The van der Waals surface area contributed by atoms with Gasteiger partial charge in [-0.3, -0.25) is 4.98 Å². The number of aromatic nitrogens is 1. The van der Waals surface area contributed by atoms with E-state index >= 15 is 0 Å². The number of ether oxygens (including phenoxy) is 1. The van der Waals surface area contributed by atoms with Crippen molar-refractivity contribution in [3.05, 3.63) is 35.7 Å². The maximum atomic E-state index is 5.24. The van der Waals surface area contributed by atoms with E-state index in [1.54, 1.807) is 6.08 Å². The monoisotopic (exact) mass is 147 g/mol. The third-order valence-electron chi connectivity index (χ3n) is 1.83. The highest BCUT2D eigenvalue weighted by molar-refractivity contribution is 5.44. The molecule has 11 heavy (non-hydrogen) atoms. The third-order valence-corrected chi connectivity index (χ3v) is 1.83. The van der Waals surface area contributed by atoms with Crippen LogP contribution < -0.4 is 0 Å². The summed E-state index contributed by atoms with van der Waals surface area (Å²) in [4.78, 5) is 4.17. The minimum Gasteiger partial charge on any atom is -0.372 e. The van der Waals surface area contributed by atoms with Crippen molar-refractivity contribution in [3.8, 4) is 0 Å². The molecular weight excluding hydrogens is 138 g/mol. The molecule has 0 fully saturated rings. The summed E-state index contributed by atoms with van der Waals surface area (Å²) in [5.41, 5.74) is 3.37. The van der Waals surface area contributed by atoms with Gasteiger partial charge < -0.3 is 4.74 Å². The maximum absolute atomic E-state index is 5.24. The van der Waals surface area contributed by atoms with Crippen molar-refractivity contribution >= 4 is 6.08 Å². The Morgan fingerprint density at radius 2 is 2.27 bits per heavy atom. The number of hydrogen-bond donors (Lipinski definition) is 0. The highest BCUT2D eigenvalue weighted by atomic mass is 16.5. The average Bonchev–Trinajstić information content (AvgIpc) is 2.50. The molecule has 1 aliphatic heterocycles. The van der Waals surface area contributed by atoms with Crippen molar-refractivity contribution in [1.82, 2.24) is 4.98 Å². The molecule has 1 aromatic rings. The lowest BCUT2D eigenvalue weighted by Crippen LogP contribution is -1.86. The fourth-order valence-electron chi connectivity index (χ4n) is 1.19. The molecule has 0 unspecified atom stereocenters. The summed E-state index contributed by atoms with van der Waals surface area (Å²) in [6.07, 6.45) is 3.61. The number of pyridine rings is 1. The van der Waals surface area contributed by atoms with E-state index in [1.807, 2.05) is 12.3 Å². The Morgan fingerprint density at radius 1 is 1.45 bits per heavy atom. The van der Waals surface area contributed by atoms with Gasteiger partial charge >= 0.3 is 0 Å². The van der Waals surface area contributed by atoms with Crippen LogP contribution in [-0.2, 0) is 18.0 Å². The zero-order chi connectivity index (χ0) is 7.68. The number of hydrogen-bond acceptors (Lipinski definition) is 2. The van der Waals surface area contributed by atoms with E-state index in [0.717, 1.165) is 12.3 Å². The summed E-state index contributed by atoms with van der Waals surface area (Å²) in [6.45, 7) is 5.08. The van der Waals surface area contributed by atoms with Crippen molar-refractivity contribution in [2.24, 2.45) is 0 Å². The van der Waals surface area contributed by atoms with Gasteiger partial charge in [0.25, 0.3) is 0 Å². The first-order chi connectivity index (χ1) is 5.40. The van der Waals surface area contributed by atoms with Gasteiger partial charge in [0.05, 0.1) is 18.9 Å². The van der Waals surface area contributed by atoms with E-state index in [1.165, 1.54) is 11.1 Å². The van der Waals surface area contributed by atoms with Gasteiger partial charge in [-0.15, -0.1) is 0 Å². The van der Waals surface area contributed by atoms with Gasteiger partial charge in [0.15, 0.2) is 0 Å². The summed E-state index contributed by atoms with van der Waals surface area (Å²) >= 11 is 0. The van der Waals surface area contributed by atoms with Crippen LogP contribution in [0.4, 0.5) is 0 Å². The summed E-state index contributed by atoms with van der Waals surface area (Å²) in [5.74, 6) is 0. The largest absolute Gasteiger partial charge is 0.372 e. The zero-order valence-corrected chi connectivity index (χ0v) is 6.21. The van der Waals surface area contributed by atoms with Gasteiger partial charge in [-0.05, 0) is 17.7 Å². The smallest absolute Gasteiger partial charge is 0.0740 e. The van der Waals surface area contributed by atoms with E-state index in [4.69, 9.17) is 4.74 Å². The van der Waals surface area contributed by atoms with E-state index < -0.39 is 0 Å². The summed E-state index contributed by atoms with van der Waals surface area (Å²) in [5, 5.41) is 0. The van der Waals surface area contributed by atoms with Gasteiger partial charge in [-0.25, -0.2) is 0 Å². The first-order valence-electron chi connectivity index (χ1n) is 3.58. The van der Waals surface area contributed by atoms with Crippen LogP contribution in [0.2, 0.25) is 0 Å². The summed E-state index contributed by atoms with van der Waals surface area (Å²) < 4.78 is 5.24. The molecular formula is C9H9NO. The lowest BCUT2D eigenvalue weighted by atomic mass is 10.1. The number of nitrogens with zero attached hydrogens (tertiary/aromatic N) is 1. The molecule has 0 aromatic carbocycles. The normalized spacial score (nSPS) is 14.5. The van der Waals surface area contributed by atoms with Crippen molar-refractivity contribution in [2.75, 3.05) is 0 Å². The molecule has 2 heteroatoms. The number of rotatable bonds is 1. The highest BCUT2D eigenvalue weighted by Crippen LogP contribution is 2.19. The molecule has 1 aromatic heterocycles. The molecule has 0 spiro atoms. The predicted molar refractivity (Wildman–Crippen MR) is 42.8 cm³/mol. The van der Waals surface area contributed by atoms with E-state index in [0.29, 0.717) is 6.61 Å². The van der Waals surface area contributed by atoms with Crippen LogP contribution in [0.3, 0.4) is 0 Å². The Morgan fingerprint density at radius 3 is 3.09 bits per heavy atom. The maximum Gasteiger partial charge on any atom is 0.0740 e. The highest BCUT2D eigenvalue weighted by Gasteiger charge is 2.10. The first kappa shape index (κ1) is 6.55. The minimum atomic E-state index is 0.708. The van der Waals surface area contributed by atoms with Gasteiger partial charge in [0, 0.05) is 11.8 Å². The third kappa shape index (κ3) is 1.05. The van der Waals surface area contributed by atoms with Crippen LogP contribution in [0, 0.1) is 0 Å². The first-order valence-corrected chi connectivity index (χ1v) is 3.58. The SMILES string of the molecule is C=Cc1cc2c(cn1)COC2. The zero-order valence-electron chi connectivity index (χ0n) is 6.21. The molecule has 2 nitrogen and oxygen atoms in total. The van der Waals surface area contributed by atoms with Crippen molar-refractivity contribution in [1.29, 1.82) is 0 Å². The second-order valence-corrected chi connectivity index (χ2v) is 2.57. The van der Waals surface area contributed by atoms with Crippen LogP contribution in [0.5, 0.6) is 0 Å². The average molecular weight is 147 g/mol. The number of fused-ring (bicyclic) bond motifs is 1. The molecule has 0 aliphatic carbocycles. The summed E-state index contributed by atoms with van der Waals surface area (Å²) in [7, 11) is 0. The van der Waals surface area contributed by atoms with E-state index in [9.17, 15) is 0 Å². The molecule has 1 aliphatic rings. The molecule has 2 heterocycles. The molecule has 0 amide bonds. The Bertz CT molecular complexity index is 294. The molecule has 0 bridgehead atoms. The summed E-state index contributed by atoms with van der Waals surface area (Å²) in [6, 6.07) is 2.02. The predicted octanol–water partition coefficient (Wildman–Crippen LogP) is 1.75. The quantitative estimate of drug-likeness (QED) is 0.603. The van der Waals surface area contributed by atoms with Gasteiger partial charge in [0.1, 0.15) is 0 Å². The van der Waals surface area contributed by atoms with Gasteiger partial charge in [-0.2, -0.15) is 0 Å².